The maximum Gasteiger partial charge on any atom is 0.340 e. The first-order valence-electron chi connectivity index (χ1n) is 5.90. The van der Waals surface area contributed by atoms with Crippen molar-refractivity contribution in [3.8, 4) is 0 Å². The smallest absolute Gasteiger partial charge is 0.340 e. The third-order valence-corrected chi connectivity index (χ3v) is 1.82. The molecule has 4 heteroatoms. The third kappa shape index (κ3) is 1.82. The summed E-state index contributed by atoms with van der Waals surface area (Å²) in [6.07, 6.45) is 0.958. The van der Waals surface area contributed by atoms with E-state index in [0.29, 0.717) is 0 Å². The number of aromatic nitrogens is 1. The van der Waals surface area contributed by atoms with Gasteiger partial charge in [-0.3, -0.25) is 4.98 Å². The van der Waals surface area contributed by atoms with E-state index in [4.69, 9.17) is 8.22 Å². The van der Waals surface area contributed by atoms with Gasteiger partial charge in [-0.05, 0) is 28.8 Å². The molecule has 0 radical (unpaired) electrons. The van der Waals surface area contributed by atoms with Crippen LogP contribution in [0.3, 0.4) is 0 Å². The van der Waals surface area contributed by atoms with Crippen LogP contribution in [0.2, 0.25) is 0 Å². The summed E-state index contributed by atoms with van der Waals surface area (Å²) >= 11 is 2.97. The van der Waals surface area contributed by atoms with E-state index in [9.17, 15) is 4.79 Å². The molecule has 0 aliphatic heterocycles. The van der Waals surface area contributed by atoms with Crippen molar-refractivity contribution in [2.45, 2.75) is 6.85 Å². The van der Waals surface area contributed by atoms with E-state index < -0.39 is 19.9 Å². The monoisotopic (exact) mass is 235 g/mol. The fraction of sp³-hybridized carbons (Fsp3) is 0.250. The molecule has 0 aliphatic carbocycles. The Kier molecular flexibility index (Phi) is 1.18. The Hall–Kier alpha value is -0.900. The van der Waals surface area contributed by atoms with Crippen LogP contribution in [0.1, 0.15) is 24.3 Å². The predicted molar refractivity (Wildman–Crippen MR) is 48.0 cm³/mol. The van der Waals surface area contributed by atoms with E-state index in [1.165, 1.54) is 0 Å². The largest absolute Gasteiger partial charge is 0.465 e. The highest BCUT2D eigenvalue weighted by atomic mass is 79.9. The van der Waals surface area contributed by atoms with Gasteiger partial charge in [-0.1, -0.05) is 0 Å². The van der Waals surface area contributed by atoms with Crippen molar-refractivity contribution in [2.24, 2.45) is 0 Å². The molecule has 0 aliphatic rings. The standard InChI is InChI=1S/C8H8BrNO2/c1-5-3-7(9)6(4-10-5)8(11)12-2/h3-4H,1-2H3/i1D3,2D3. The van der Waals surface area contributed by atoms with Crippen LogP contribution in [0.25, 0.3) is 0 Å². The lowest BCUT2D eigenvalue weighted by atomic mass is 10.2. The van der Waals surface area contributed by atoms with E-state index in [1.807, 2.05) is 0 Å². The number of esters is 1. The molecule has 1 rings (SSSR count). The van der Waals surface area contributed by atoms with E-state index in [2.05, 4.69) is 25.7 Å². The molecule has 1 aromatic rings. The molecular formula is C8H8BrNO2. The highest BCUT2D eigenvalue weighted by molar-refractivity contribution is 9.10. The number of carbonyl (C=O) groups is 1. The first-order valence-corrected chi connectivity index (χ1v) is 3.69. The summed E-state index contributed by atoms with van der Waals surface area (Å²) in [6.45, 7) is -2.41. The molecule has 0 saturated heterocycles. The van der Waals surface area contributed by atoms with Crippen molar-refractivity contribution in [1.29, 1.82) is 0 Å². The number of ether oxygens (including phenoxy) is 1. The van der Waals surface area contributed by atoms with Crippen LogP contribution in [-0.2, 0) is 4.74 Å². The highest BCUT2D eigenvalue weighted by Gasteiger charge is 2.09. The zero-order chi connectivity index (χ0) is 14.1. The average Bonchev–Trinajstić information content (AvgIpc) is 2.12. The Bertz CT molecular complexity index is 470. The summed E-state index contributed by atoms with van der Waals surface area (Å²) in [4.78, 5) is 15.0. The van der Waals surface area contributed by atoms with Gasteiger partial charge in [-0.15, -0.1) is 0 Å². The summed E-state index contributed by atoms with van der Waals surface area (Å²) in [5.74, 6) is -1.11. The summed E-state index contributed by atoms with van der Waals surface area (Å²) in [5.41, 5.74) is -0.362. The first kappa shape index (κ1) is 3.87. The predicted octanol–water partition coefficient (Wildman–Crippen LogP) is 1.94. The van der Waals surface area contributed by atoms with Crippen LogP contribution in [0.5, 0.6) is 0 Å². The van der Waals surface area contributed by atoms with E-state index in [-0.39, 0.29) is 15.7 Å². The number of aryl methyl sites for hydroxylation is 1. The lowest BCUT2D eigenvalue weighted by molar-refractivity contribution is 0.0599. The highest BCUT2D eigenvalue weighted by Crippen LogP contribution is 2.16. The number of rotatable bonds is 1. The Balaban J connectivity index is 3.03. The van der Waals surface area contributed by atoms with Gasteiger partial charge in [0.15, 0.2) is 0 Å². The Morgan fingerprint density at radius 3 is 3.25 bits per heavy atom. The van der Waals surface area contributed by atoms with Gasteiger partial charge in [0.1, 0.15) is 0 Å². The van der Waals surface area contributed by atoms with Gasteiger partial charge in [-0.2, -0.15) is 0 Å². The summed E-state index contributed by atoms with van der Waals surface area (Å²) in [5, 5.41) is 0. The van der Waals surface area contributed by atoms with Crippen molar-refractivity contribution < 1.29 is 17.8 Å². The maximum atomic E-state index is 11.4. The minimum atomic E-state index is -2.86. The Morgan fingerprint density at radius 1 is 1.83 bits per heavy atom. The van der Waals surface area contributed by atoms with Crippen LogP contribution in [0.4, 0.5) is 0 Å². The molecule has 0 atom stereocenters. The van der Waals surface area contributed by atoms with Crippen LogP contribution < -0.4 is 0 Å². The zero-order valence-corrected chi connectivity index (χ0v) is 7.38. The molecule has 3 nitrogen and oxygen atoms in total. The molecule has 0 saturated carbocycles. The van der Waals surface area contributed by atoms with Crippen molar-refractivity contribution in [3.63, 3.8) is 0 Å². The molecule has 0 amide bonds. The molecule has 0 aromatic carbocycles. The van der Waals surface area contributed by atoms with E-state index in [1.54, 1.807) is 0 Å². The number of hydrogen-bond acceptors (Lipinski definition) is 3. The summed E-state index contributed by atoms with van der Waals surface area (Å²) < 4.78 is 46.1. The quantitative estimate of drug-likeness (QED) is 0.699. The van der Waals surface area contributed by atoms with Gasteiger partial charge in [0, 0.05) is 20.5 Å². The van der Waals surface area contributed by atoms with Crippen LogP contribution in [-0.4, -0.2) is 18.0 Å². The molecule has 0 unspecified atom stereocenters. The lowest BCUT2D eigenvalue weighted by Gasteiger charge is -2.01. The zero-order valence-electron chi connectivity index (χ0n) is 11.8. The van der Waals surface area contributed by atoms with Gasteiger partial charge < -0.3 is 4.74 Å². The molecule has 0 N–H and O–H groups in total. The second-order valence-electron chi connectivity index (χ2n) is 1.94. The van der Waals surface area contributed by atoms with Gasteiger partial charge in [-0.25, -0.2) is 4.79 Å². The SMILES string of the molecule is [2H]C([2H])([2H])OC(=O)c1cnc(C([2H])([2H])[2H])cc1Br. The van der Waals surface area contributed by atoms with E-state index in [0.717, 1.165) is 12.3 Å². The Morgan fingerprint density at radius 2 is 2.67 bits per heavy atom. The van der Waals surface area contributed by atoms with E-state index >= 15 is 0 Å². The second kappa shape index (κ2) is 3.67. The maximum absolute atomic E-state index is 11.4. The number of carbonyl (C=O) groups excluding carboxylic acids is 1. The van der Waals surface area contributed by atoms with Crippen molar-refractivity contribution in [3.05, 3.63) is 28.0 Å². The number of hydrogen-bond donors (Lipinski definition) is 0. The summed E-state index contributed by atoms with van der Waals surface area (Å²) in [7, 11) is -2.86. The number of pyridine rings is 1. The fourth-order valence-electron chi connectivity index (χ4n) is 0.636. The van der Waals surface area contributed by atoms with Crippen LogP contribution in [0, 0.1) is 6.85 Å². The summed E-state index contributed by atoms with van der Waals surface area (Å²) in [6, 6.07) is 1.13. The van der Waals surface area contributed by atoms with Gasteiger partial charge >= 0.3 is 5.97 Å². The minimum absolute atomic E-state index is 0.109. The average molecular weight is 236 g/mol. The Labute approximate surface area is 87.3 Å². The van der Waals surface area contributed by atoms with Gasteiger partial charge in [0.05, 0.1) is 16.7 Å². The van der Waals surface area contributed by atoms with Gasteiger partial charge in [0.25, 0.3) is 0 Å². The number of halogens is 1. The molecule has 0 fully saturated rings. The third-order valence-electron chi connectivity index (χ3n) is 1.17. The van der Waals surface area contributed by atoms with Crippen molar-refractivity contribution >= 4 is 21.9 Å². The normalized spacial score (nSPS) is 19.1. The van der Waals surface area contributed by atoms with Crippen LogP contribution in [0.15, 0.2) is 16.7 Å². The minimum Gasteiger partial charge on any atom is -0.465 e. The molecule has 0 bridgehead atoms. The van der Waals surface area contributed by atoms with Crippen LogP contribution >= 0.6 is 15.9 Å². The first-order chi connectivity index (χ1) is 8.00. The molecular weight excluding hydrogens is 222 g/mol. The molecule has 1 heterocycles. The molecule has 0 spiro atoms. The van der Waals surface area contributed by atoms with Gasteiger partial charge in [0.2, 0.25) is 0 Å². The topological polar surface area (TPSA) is 39.2 Å². The molecule has 1 aromatic heterocycles. The second-order valence-corrected chi connectivity index (χ2v) is 2.79. The fourth-order valence-corrected chi connectivity index (χ4v) is 1.12. The lowest BCUT2D eigenvalue weighted by Crippen LogP contribution is -2.03. The number of nitrogens with zero attached hydrogens (tertiary/aromatic N) is 1. The van der Waals surface area contributed by atoms with Crippen molar-refractivity contribution in [2.75, 3.05) is 7.04 Å². The van der Waals surface area contributed by atoms with Crippen molar-refractivity contribution in [1.82, 2.24) is 4.98 Å². The molecule has 64 valence electrons. The molecule has 12 heavy (non-hydrogen) atoms. The number of methoxy groups -OCH3 is 1.